The van der Waals surface area contributed by atoms with E-state index in [1.54, 1.807) is 7.11 Å². The lowest BCUT2D eigenvalue weighted by Crippen LogP contribution is -2.02. The van der Waals surface area contributed by atoms with Crippen molar-refractivity contribution in [2.24, 2.45) is 0 Å². The third-order valence-electron chi connectivity index (χ3n) is 3.35. The zero-order valence-corrected chi connectivity index (χ0v) is 13.2. The molecule has 1 aromatic heterocycles. The number of nitrogens with one attached hydrogen (secondary N) is 1. The summed E-state index contributed by atoms with van der Waals surface area (Å²) < 4.78 is 6.39. The Hall–Kier alpha value is -2.07. The van der Waals surface area contributed by atoms with Crippen LogP contribution < -0.4 is 10.1 Å². The van der Waals surface area contributed by atoms with Gasteiger partial charge in [-0.2, -0.15) is 0 Å². The van der Waals surface area contributed by atoms with Crippen LogP contribution in [0.2, 0.25) is 0 Å². The van der Waals surface area contributed by atoms with Crippen molar-refractivity contribution < 1.29 is 4.74 Å². The van der Waals surface area contributed by atoms with E-state index in [1.807, 2.05) is 30.5 Å². The van der Waals surface area contributed by atoms with E-state index in [0.29, 0.717) is 6.54 Å². The molecule has 3 aromatic rings. The fourth-order valence-corrected chi connectivity index (χ4v) is 2.68. The standard InChI is InChI=1S/C17H15BrN2O/c1-21-16-8-7-14(18)10-15(16)20-11-13-5-2-4-12-6-3-9-19-17(12)13/h2-10,20H,11H2,1H3. The summed E-state index contributed by atoms with van der Waals surface area (Å²) in [5.74, 6) is 0.825. The first-order valence-electron chi connectivity index (χ1n) is 6.68. The molecular weight excluding hydrogens is 328 g/mol. The molecule has 0 aliphatic rings. The summed E-state index contributed by atoms with van der Waals surface area (Å²) in [7, 11) is 1.67. The third kappa shape index (κ3) is 3.00. The van der Waals surface area contributed by atoms with E-state index in [9.17, 15) is 0 Å². The number of nitrogens with zero attached hydrogens (tertiary/aromatic N) is 1. The van der Waals surface area contributed by atoms with Crippen LogP contribution in [-0.2, 0) is 6.54 Å². The highest BCUT2D eigenvalue weighted by atomic mass is 79.9. The predicted molar refractivity (Wildman–Crippen MR) is 89.8 cm³/mol. The first-order chi connectivity index (χ1) is 10.3. The van der Waals surface area contributed by atoms with Gasteiger partial charge < -0.3 is 10.1 Å². The summed E-state index contributed by atoms with van der Waals surface area (Å²) in [5, 5.41) is 4.57. The molecule has 0 saturated heterocycles. The predicted octanol–water partition coefficient (Wildman–Crippen LogP) is 4.62. The molecule has 0 aliphatic heterocycles. The van der Waals surface area contributed by atoms with Crippen molar-refractivity contribution in [1.29, 1.82) is 0 Å². The molecular formula is C17H15BrN2O. The first-order valence-corrected chi connectivity index (χ1v) is 7.47. The monoisotopic (exact) mass is 342 g/mol. The quantitative estimate of drug-likeness (QED) is 0.751. The number of methoxy groups -OCH3 is 1. The van der Waals surface area contributed by atoms with Crippen molar-refractivity contribution in [3.05, 3.63) is 64.8 Å². The summed E-state index contributed by atoms with van der Waals surface area (Å²) >= 11 is 3.48. The molecule has 4 heteroatoms. The minimum Gasteiger partial charge on any atom is -0.495 e. The van der Waals surface area contributed by atoms with Crippen molar-refractivity contribution in [1.82, 2.24) is 4.98 Å². The van der Waals surface area contributed by atoms with Crippen molar-refractivity contribution in [3.63, 3.8) is 0 Å². The lowest BCUT2D eigenvalue weighted by atomic mass is 10.1. The average Bonchev–Trinajstić information content (AvgIpc) is 2.53. The summed E-state index contributed by atoms with van der Waals surface area (Å²) in [4.78, 5) is 4.47. The van der Waals surface area contributed by atoms with Gasteiger partial charge in [0.15, 0.2) is 0 Å². The molecule has 0 saturated carbocycles. The van der Waals surface area contributed by atoms with Crippen LogP contribution in [0.3, 0.4) is 0 Å². The van der Waals surface area contributed by atoms with E-state index in [1.165, 1.54) is 0 Å². The Bertz CT molecular complexity index is 768. The smallest absolute Gasteiger partial charge is 0.142 e. The van der Waals surface area contributed by atoms with Gasteiger partial charge in [0, 0.05) is 22.6 Å². The van der Waals surface area contributed by atoms with Gasteiger partial charge >= 0.3 is 0 Å². The Balaban J connectivity index is 1.89. The highest BCUT2D eigenvalue weighted by Gasteiger charge is 2.05. The van der Waals surface area contributed by atoms with Crippen molar-refractivity contribution in [3.8, 4) is 5.75 Å². The molecule has 1 N–H and O–H groups in total. The van der Waals surface area contributed by atoms with Gasteiger partial charge in [0.2, 0.25) is 0 Å². The van der Waals surface area contributed by atoms with E-state index >= 15 is 0 Å². The molecule has 0 radical (unpaired) electrons. The Kier molecular flexibility index (Phi) is 4.06. The van der Waals surface area contributed by atoms with Gasteiger partial charge in [-0.15, -0.1) is 0 Å². The van der Waals surface area contributed by atoms with Gasteiger partial charge in [0.25, 0.3) is 0 Å². The maximum Gasteiger partial charge on any atom is 0.142 e. The van der Waals surface area contributed by atoms with Crippen molar-refractivity contribution in [2.75, 3.05) is 12.4 Å². The van der Waals surface area contributed by atoms with Gasteiger partial charge in [0.1, 0.15) is 5.75 Å². The van der Waals surface area contributed by atoms with Gasteiger partial charge in [-0.3, -0.25) is 4.98 Å². The third-order valence-corrected chi connectivity index (χ3v) is 3.84. The number of halogens is 1. The fraction of sp³-hybridized carbons (Fsp3) is 0.118. The lowest BCUT2D eigenvalue weighted by Gasteiger charge is -2.12. The van der Waals surface area contributed by atoms with Crippen LogP contribution >= 0.6 is 15.9 Å². The largest absolute Gasteiger partial charge is 0.495 e. The Morgan fingerprint density at radius 3 is 2.86 bits per heavy atom. The molecule has 0 atom stereocenters. The van der Waals surface area contributed by atoms with Gasteiger partial charge in [-0.1, -0.05) is 40.2 Å². The molecule has 3 nitrogen and oxygen atoms in total. The number of benzene rings is 2. The normalized spacial score (nSPS) is 10.6. The number of hydrogen-bond acceptors (Lipinski definition) is 3. The van der Waals surface area contributed by atoms with Crippen molar-refractivity contribution >= 4 is 32.5 Å². The highest BCUT2D eigenvalue weighted by Crippen LogP contribution is 2.28. The number of fused-ring (bicyclic) bond motifs is 1. The first kappa shape index (κ1) is 13.9. The highest BCUT2D eigenvalue weighted by molar-refractivity contribution is 9.10. The summed E-state index contributed by atoms with van der Waals surface area (Å²) in [6.45, 7) is 0.696. The lowest BCUT2D eigenvalue weighted by molar-refractivity contribution is 0.416. The average molecular weight is 343 g/mol. The number of aromatic nitrogens is 1. The number of hydrogen-bond donors (Lipinski definition) is 1. The minimum atomic E-state index is 0.696. The van der Waals surface area contributed by atoms with Crippen LogP contribution in [0, 0.1) is 0 Å². The van der Waals surface area contributed by atoms with Gasteiger partial charge in [0.05, 0.1) is 18.3 Å². The molecule has 0 fully saturated rings. The van der Waals surface area contributed by atoms with Crippen LogP contribution in [0.5, 0.6) is 5.75 Å². The minimum absolute atomic E-state index is 0.696. The number of pyridine rings is 1. The van der Waals surface area contributed by atoms with Crippen molar-refractivity contribution in [2.45, 2.75) is 6.54 Å². The second kappa shape index (κ2) is 6.14. The molecule has 2 aromatic carbocycles. The Morgan fingerprint density at radius 2 is 2.00 bits per heavy atom. The number of para-hydroxylation sites is 1. The van der Waals surface area contributed by atoms with Gasteiger partial charge in [-0.05, 0) is 29.8 Å². The maximum atomic E-state index is 5.38. The molecule has 0 aliphatic carbocycles. The van der Waals surface area contributed by atoms with E-state index < -0.39 is 0 Å². The summed E-state index contributed by atoms with van der Waals surface area (Å²) in [5.41, 5.74) is 3.15. The van der Waals surface area contributed by atoms with E-state index in [2.05, 4.69) is 50.5 Å². The molecule has 0 unspecified atom stereocenters. The van der Waals surface area contributed by atoms with E-state index in [0.717, 1.165) is 32.4 Å². The molecule has 21 heavy (non-hydrogen) atoms. The summed E-state index contributed by atoms with van der Waals surface area (Å²) in [6, 6.07) is 16.2. The maximum absolute atomic E-state index is 5.38. The fourth-order valence-electron chi connectivity index (χ4n) is 2.32. The van der Waals surface area contributed by atoms with Crippen LogP contribution in [-0.4, -0.2) is 12.1 Å². The van der Waals surface area contributed by atoms with E-state index in [4.69, 9.17) is 4.74 Å². The second-order valence-electron chi connectivity index (χ2n) is 4.69. The molecule has 106 valence electrons. The molecule has 1 heterocycles. The van der Waals surface area contributed by atoms with Crippen LogP contribution in [0.15, 0.2) is 59.2 Å². The molecule has 0 spiro atoms. The number of anilines is 1. The Morgan fingerprint density at radius 1 is 1.14 bits per heavy atom. The zero-order valence-electron chi connectivity index (χ0n) is 11.6. The SMILES string of the molecule is COc1ccc(Br)cc1NCc1cccc2cccnc12. The van der Waals surface area contributed by atoms with Gasteiger partial charge in [-0.25, -0.2) is 0 Å². The number of ether oxygens (including phenoxy) is 1. The zero-order chi connectivity index (χ0) is 14.7. The van der Waals surface area contributed by atoms with Crippen LogP contribution in [0.4, 0.5) is 5.69 Å². The molecule has 0 bridgehead atoms. The van der Waals surface area contributed by atoms with Crippen LogP contribution in [0.1, 0.15) is 5.56 Å². The summed E-state index contributed by atoms with van der Waals surface area (Å²) in [6.07, 6.45) is 1.82. The molecule has 0 amide bonds. The van der Waals surface area contributed by atoms with E-state index in [-0.39, 0.29) is 0 Å². The topological polar surface area (TPSA) is 34.1 Å². The number of rotatable bonds is 4. The second-order valence-corrected chi connectivity index (χ2v) is 5.61. The van der Waals surface area contributed by atoms with Crippen LogP contribution in [0.25, 0.3) is 10.9 Å². The molecule has 3 rings (SSSR count). The Labute approximate surface area is 132 Å².